The minimum absolute atomic E-state index is 0.0889. The summed E-state index contributed by atoms with van der Waals surface area (Å²) in [6, 6.07) is 5.14. The fourth-order valence-electron chi connectivity index (χ4n) is 2.72. The van der Waals surface area contributed by atoms with Crippen LogP contribution in [0.1, 0.15) is 24.9 Å². The van der Waals surface area contributed by atoms with Crippen LogP contribution >= 0.6 is 11.6 Å². The molecule has 1 saturated heterocycles. The van der Waals surface area contributed by atoms with Crippen LogP contribution in [0.15, 0.2) is 18.2 Å². The van der Waals surface area contributed by atoms with E-state index in [-0.39, 0.29) is 18.6 Å². The molecular weight excluding hydrogens is 264 g/mol. The molecule has 1 aromatic carbocycles. The van der Waals surface area contributed by atoms with E-state index in [0.29, 0.717) is 11.4 Å². The van der Waals surface area contributed by atoms with Crippen molar-refractivity contribution in [3.8, 4) is 18.1 Å². The number of benzene rings is 1. The van der Waals surface area contributed by atoms with Gasteiger partial charge in [-0.1, -0.05) is 17.5 Å². The van der Waals surface area contributed by atoms with Crippen molar-refractivity contribution in [2.75, 3.05) is 6.54 Å². The Hall–Kier alpha value is -1.86. The van der Waals surface area contributed by atoms with E-state index >= 15 is 0 Å². The highest BCUT2D eigenvalue weighted by Crippen LogP contribution is 2.44. The number of hydrogen-bond acceptors (Lipinski definition) is 2. The third-order valence-corrected chi connectivity index (χ3v) is 3.86. The van der Waals surface area contributed by atoms with Crippen LogP contribution in [0.3, 0.4) is 0 Å². The molecule has 2 aliphatic rings. The first kappa shape index (κ1) is 12.2. The Morgan fingerprint density at radius 2 is 2.47 bits per heavy atom. The van der Waals surface area contributed by atoms with Gasteiger partial charge in [-0.2, -0.15) is 0 Å². The van der Waals surface area contributed by atoms with Gasteiger partial charge in [0.2, 0.25) is 0 Å². The lowest BCUT2D eigenvalue weighted by Crippen LogP contribution is -2.64. The van der Waals surface area contributed by atoms with E-state index < -0.39 is 5.72 Å². The summed E-state index contributed by atoms with van der Waals surface area (Å²) in [5, 5.41) is 3.57. The SMILES string of the molecule is C#CCN1C(=O)NC2CC1(C)Oc1ccc(Cl)cc12. The zero-order chi connectivity index (χ0) is 13.6. The molecule has 2 aliphatic heterocycles. The molecule has 2 amide bonds. The van der Waals surface area contributed by atoms with Crippen LogP contribution in [0.2, 0.25) is 5.02 Å². The lowest BCUT2D eigenvalue weighted by Gasteiger charge is -2.50. The van der Waals surface area contributed by atoms with E-state index in [9.17, 15) is 4.79 Å². The molecule has 2 atom stereocenters. The number of terminal acetylenes is 1. The summed E-state index contributed by atoms with van der Waals surface area (Å²) >= 11 is 6.00. The molecular formula is C14H13ClN2O2. The van der Waals surface area contributed by atoms with Gasteiger partial charge in [0.05, 0.1) is 12.6 Å². The second-order valence-electron chi connectivity index (χ2n) is 4.96. The maximum atomic E-state index is 12.1. The topological polar surface area (TPSA) is 41.6 Å². The molecule has 2 bridgehead atoms. The molecule has 1 N–H and O–H groups in total. The predicted molar refractivity (Wildman–Crippen MR) is 71.9 cm³/mol. The fourth-order valence-corrected chi connectivity index (χ4v) is 2.90. The third kappa shape index (κ3) is 1.82. The molecule has 19 heavy (non-hydrogen) atoms. The van der Waals surface area contributed by atoms with Crippen molar-refractivity contribution in [1.82, 2.24) is 10.2 Å². The largest absolute Gasteiger partial charge is 0.468 e. The molecule has 1 aromatic rings. The summed E-state index contributed by atoms with van der Waals surface area (Å²) in [5.41, 5.74) is 0.207. The Morgan fingerprint density at radius 1 is 1.68 bits per heavy atom. The van der Waals surface area contributed by atoms with Gasteiger partial charge >= 0.3 is 6.03 Å². The molecule has 0 spiro atoms. The first-order valence-corrected chi connectivity index (χ1v) is 6.41. The Balaban J connectivity index is 2.06. The predicted octanol–water partition coefficient (Wildman–Crippen LogP) is 2.54. The van der Waals surface area contributed by atoms with E-state index in [4.69, 9.17) is 22.8 Å². The van der Waals surface area contributed by atoms with E-state index in [1.165, 1.54) is 0 Å². The lowest BCUT2D eigenvalue weighted by molar-refractivity contribution is -0.0779. The van der Waals surface area contributed by atoms with Crippen LogP contribution < -0.4 is 10.1 Å². The van der Waals surface area contributed by atoms with E-state index in [1.54, 1.807) is 11.0 Å². The molecule has 5 heteroatoms. The van der Waals surface area contributed by atoms with Crippen LogP contribution in [0, 0.1) is 12.3 Å². The van der Waals surface area contributed by atoms with Crippen LogP contribution in [0.5, 0.6) is 5.75 Å². The summed E-state index contributed by atoms with van der Waals surface area (Å²) in [6.45, 7) is 2.10. The summed E-state index contributed by atoms with van der Waals surface area (Å²) in [7, 11) is 0. The van der Waals surface area contributed by atoms with Crippen LogP contribution in [0.25, 0.3) is 0 Å². The number of halogens is 1. The van der Waals surface area contributed by atoms with Crippen LogP contribution in [-0.2, 0) is 0 Å². The molecule has 0 saturated carbocycles. The number of fused-ring (bicyclic) bond motifs is 4. The molecule has 0 radical (unpaired) electrons. The summed E-state index contributed by atoms with van der Waals surface area (Å²) < 4.78 is 5.99. The number of carbonyl (C=O) groups is 1. The van der Waals surface area contributed by atoms with Gasteiger partial charge in [-0.3, -0.25) is 4.90 Å². The van der Waals surface area contributed by atoms with Crippen molar-refractivity contribution in [2.45, 2.75) is 25.1 Å². The van der Waals surface area contributed by atoms with E-state index in [1.807, 2.05) is 19.1 Å². The number of urea groups is 1. The molecule has 2 heterocycles. The van der Waals surface area contributed by atoms with Crippen LogP contribution in [-0.4, -0.2) is 23.2 Å². The second kappa shape index (κ2) is 4.07. The second-order valence-corrected chi connectivity index (χ2v) is 5.39. The van der Waals surface area contributed by atoms with Gasteiger partial charge in [0.1, 0.15) is 5.75 Å². The number of rotatable bonds is 1. The van der Waals surface area contributed by atoms with Crippen LogP contribution in [0.4, 0.5) is 4.79 Å². The minimum atomic E-state index is -0.708. The third-order valence-electron chi connectivity index (χ3n) is 3.62. The monoisotopic (exact) mass is 276 g/mol. The van der Waals surface area contributed by atoms with Crippen molar-refractivity contribution in [2.24, 2.45) is 0 Å². The van der Waals surface area contributed by atoms with Crippen molar-refractivity contribution in [3.05, 3.63) is 28.8 Å². The van der Waals surface area contributed by atoms with Crippen molar-refractivity contribution >= 4 is 17.6 Å². The maximum Gasteiger partial charge on any atom is 0.321 e. The number of amides is 2. The molecule has 0 aromatic heterocycles. The first-order valence-electron chi connectivity index (χ1n) is 6.03. The minimum Gasteiger partial charge on any atom is -0.468 e. The quantitative estimate of drug-likeness (QED) is 0.801. The zero-order valence-electron chi connectivity index (χ0n) is 10.4. The Morgan fingerprint density at radius 3 is 3.21 bits per heavy atom. The first-order chi connectivity index (χ1) is 9.03. The van der Waals surface area contributed by atoms with Gasteiger partial charge < -0.3 is 10.1 Å². The van der Waals surface area contributed by atoms with Gasteiger partial charge in [-0.15, -0.1) is 6.42 Å². The maximum absolute atomic E-state index is 12.1. The average Bonchev–Trinajstić information content (AvgIpc) is 2.35. The lowest BCUT2D eigenvalue weighted by atomic mass is 9.90. The highest BCUT2D eigenvalue weighted by molar-refractivity contribution is 6.30. The van der Waals surface area contributed by atoms with Gasteiger partial charge in [-0.25, -0.2) is 4.79 Å². The Labute approximate surface area is 116 Å². The number of ether oxygens (including phenoxy) is 1. The van der Waals surface area contributed by atoms with E-state index in [2.05, 4.69) is 11.2 Å². The Bertz CT molecular complexity index is 596. The standard InChI is InChI=1S/C14H13ClN2O2/c1-3-6-17-13(18)16-11-8-14(17,2)19-12-5-4-9(15)7-10(11)12/h1,4-5,7,11H,6,8H2,2H3,(H,16,18). The number of hydrogen-bond donors (Lipinski definition) is 1. The molecule has 1 fully saturated rings. The van der Waals surface area contributed by atoms with Gasteiger partial charge in [0, 0.05) is 17.0 Å². The summed E-state index contributed by atoms with van der Waals surface area (Å²) in [5.74, 6) is 3.23. The number of nitrogens with one attached hydrogen (secondary N) is 1. The molecule has 3 rings (SSSR count). The highest BCUT2D eigenvalue weighted by atomic mass is 35.5. The average molecular weight is 277 g/mol. The zero-order valence-corrected chi connectivity index (χ0v) is 11.2. The summed E-state index contributed by atoms with van der Waals surface area (Å²) in [6.07, 6.45) is 5.97. The Kier molecular flexibility index (Phi) is 2.61. The molecule has 98 valence electrons. The molecule has 2 unspecified atom stereocenters. The summed E-state index contributed by atoms with van der Waals surface area (Å²) in [4.78, 5) is 13.6. The van der Waals surface area contributed by atoms with Crippen molar-refractivity contribution < 1.29 is 9.53 Å². The van der Waals surface area contributed by atoms with Crippen molar-refractivity contribution in [1.29, 1.82) is 0 Å². The van der Waals surface area contributed by atoms with E-state index in [0.717, 1.165) is 11.3 Å². The fraction of sp³-hybridized carbons (Fsp3) is 0.357. The molecule has 4 nitrogen and oxygen atoms in total. The molecule has 0 aliphatic carbocycles. The van der Waals surface area contributed by atoms with Gasteiger partial charge in [-0.05, 0) is 25.1 Å². The van der Waals surface area contributed by atoms with Gasteiger partial charge in [0.15, 0.2) is 5.72 Å². The van der Waals surface area contributed by atoms with Gasteiger partial charge in [0.25, 0.3) is 0 Å². The highest BCUT2D eigenvalue weighted by Gasteiger charge is 2.48. The van der Waals surface area contributed by atoms with Crippen molar-refractivity contribution in [3.63, 3.8) is 0 Å². The number of carbonyl (C=O) groups excluding carboxylic acids is 1. The number of nitrogens with zero attached hydrogens (tertiary/aromatic N) is 1. The smallest absolute Gasteiger partial charge is 0.321 e. The normalized spacial score (nSPS) is 27.9.